The van der Waals surface area contributed by atoms with Gasteiger partial charge in [-0.05, 0) is 38.8 Å². The summed E-state index contributed by atoms with van der Waals surface area (Å²) in [7, 11) is 1.24. The Labute approximate surface area is 179 Å². The van der Waals surface area contributed by atoms with Gasteiger partial charge in [-0.25, -0.2) is 14.5 Å². The van der Waals surface area contributed by atoms with Crippen molar-refractivity contribution >= 4 is 39.2 Å². The monoisotopic (exact) mass is 452 g/mol. The number of halogens is 3. The van der Waals surface area contributed by atoms with Crippen molar-refractivity contribution in [1.29, 1.82) is 0 Å². The number of thiophene rings is 1. The lowest BCUT2D eigenvalue weighted by molar-refractivity contribution is -0.136. The number of pyridine rings is 1. The van der Waals surface area contributed by atoms with E-state index in [1.807, 2.05) is 0 Å². The second-order valence-electron chi connectivity index (χ2n) is 7.45. The van der Waals surface area contributed by atoms with E-state index < -0.39 is 23.6 Å². The maximum atomic E-state index is 13.7. The molecule has 0 spiro atoms. The lowest BCUT2D eigenvalue weighted by Gasteiger charge is -2.11. The Morgan fingerprint density at radius 3 is 2.61 bits per heavy atom. The number of nitrogens with one attached hydrogen (secondary N) is 1. The van der Waals surface area contributed by atoms with Gasteiger partial charge in [0.2, 0.25) is 5.91 Å². The topological polar surface area (TPSA) is 86.1 Å². The molecule has 1 fully saturated rings. The predicted octanol–water partition coefficient (Wildman–Crippen LogP) is 4.43. The summed E-state index contributed by atoms with van der Waals surface area (Å²) < 4.78 is 47.0. The number of ether oxygens (including phenoxy) is 1. The molecule has 1 aliphatic carbocycles. The van der Waals surface area contributed by atoms with Crippen LogP contribution in [0.2, 0.25) is 0 Å². The van der Waals surface area contributed by atoms with Crippen LogP contribution < -0.4 is 5.32 Å². The zero-order valence-corrected chi connectivity index (χ0v) is 17.8. The number of anilines is 1. The van der Waals surface area contributed by atoms with E-state index in [1.165, 1.54) is 30.1 Å². The van der Waals surface area contributed by atoms with Gasteiger partial charge in [0, 0.05) is 16.5 Å². The molecule has 3 heterocycles. The molecule has 1 aliphatic rings. The zero-order chi connectivity index (χ0) is 22.5. The normalized spacial score (nSPS) is 14.1. The van der Waals surface area contributed by atoms with Gasteiger partial charge in [-0.15, -0.1) is 11.3 Å². The van der Waals surface area contributed by atoms with E-state index in [0.717, 1.165) is 23.8 Å². The summed E-state index contributed by atoms with van der Waals surface area (Å²) in [6.07, 6.45) is -2.98. The molecule has 1 saturated carbocycles. The van der Waals surface area contributed by atoms with E-state index in [1.54, 1.807) is 13.0 Å². The number of methoxy groups -OCH3 is 1. The zero-order valence-electron chi connectivity index (χ0n) is 17.0. The minimum absolute atomic E-state index is 0.000286. The summed E-state index contributed by atoms with van der Waals surface area (Å²) in [5, 5.41) is 6.99. The second kappa shape index (κ2) is 7.63. The standard InChI is InChI=1S/C20H19F3N4O3S/c1-9-6-12(19(29)30-3)18(31-9)25-15(28)8-27-17-16(10(2)26-27)13(20(21,22)23)7-14(24-17)11-4-5-11/h6-7,11H,4-5,8H2,1-3H3,(H,25,28). The molecule has 31 heavy (non-hydrogen) atoms. The summed E-state index contributed by atoms with van der Waals surface area (Å²) in [5.74, 6) is -1.13. The Hall–Kier alpha value is -2.95. The van der Waals surface area contributed by atoms with E-state index in [4.69, 9.17) is 4.74 Å². The Bertz CT molecular complexity index is 1190. The Kier molecular flexibility index (Phi) is 5.24. The summed E-state index contributed by atoms with van der Waals surface area (Å²) in [4.78, 5) is 29.8. The average molecular weight is 452 g/mol. The van der Waals surface area contributed by atoms with Crippen LogP contribution in [0.5, 0.6) is 0 Å². The first-order valence-electron chi connectivity index (χ1n) is 9.52. The van der Waals surface area contributed by atoms with Crippen molar-refractivity contribution in [1.82, 2.24) is 14.8 Å². The third-order valence-electron chi connectivity index (χ3n) is 5.01. The van der Waals surface area contributed by atoms with Crippen molar-refractivity contribution in [3.8, 4) is 0 Å². The third kappa shape index (κ3) is 4.14. The lowest BCUT2D eigenvalue weighted by atomic mass is 10.1. The molecule has 0 unspecified atom stereocenters. The van der Waals surface area contributed by atoms with Crippen LogP contribution in [-0.4, -0.2) is 33.8 Å². The maximum absolute atomic E-state index is 13.7. The van der Waals surface area contributed by atoms with Crippen molar-refractivity contribution in [3.63, 3.8) is 0 Å². The largest absolute Gasteiger partial charge is 0.465 e. The number of hydrogen-bond acceptors (Lipinski definition) is 6. The third-order valence-corrected chi connectivity index (χ3v) is 5.97. The van der Waals surface area contributed by atoms with E-state index >= 15 is 0 Å². The number of rotatable bonds is 5. The second-order valence-corrected chi connectivity index (χ2v) is 8.70. The number of aromatic nitrogens is 3. The fourth-order valence-electron chi connectivity index (χ4n) is 3.47. The van der Waals surface area contributed by atoms with E-state index in [-0.39, 0.29) is 34.8 Å². The van der Waals surface area contributed by atoms with Crippen molar-refractivity contribution in [2.45, 2.75) is 45.3 Å². The molecule has 1 amide bonds. The minimum atomic E-state index is -4.56. The molecule has 4 rings (SSSR count). The number of esters is 1. The maximum Gasteiger partial charge on any atom is 0.417 e. The molecule has 0 saturated heterocycles. The first-order valence-corrected chi connectivity index (χ1v) is 10.3. The number of amides is 1. The van der Waals surface area contributed by atoms with Gasteiger partial charge >= 0.3 is 12.1 Å². The predicted molar refractivity (Wildman–Crippen MR) is 108 cm³/mol. The molecule has 0 atom stereocenters. The number of aryl methyl sites for hydroxylation is 2. The van der Waals surface area contributed by atoms with Crippen molar-refractivity contribution < 1.29 is 27.5 Å². The lowest BCUT2D eigenvalue weighted by Crippen LogP contribution is -2.20. The molecule has 7 nitrogen and oxygen atoms in total. The van der Waals surface area contributed by atoms with Gasteiger partial charge in [0.1, 0.15) is 11.5 Å². The Balaban J connectivity index is 1.69. The summed E-state index contributed by atoms with van der Waals surface area (Å²) in [6, 6.07) is 2.69. The number of fused-ring (bicyclic) bond motifs is 1. The van der Waals surface area contributed by atoms with Crippen LogP contribution >= 0.6 is 11.3 Å². The highest BCUT2D eigenvalue weighted by Gasteiger charge is 2.37. The molecule has 3 aromatic heterocycles. The van der Waals surface area contributed by atoms with Gasteiger partial charge in [-0.1, -0.05) is 0 Å². The molecule has 3 aromatic rings. The quantitative estimate of drug-likeness (QED) is 0.579. The molecule has 164 valence electrons. The van der Waals surface area contributed by atoms with Crippen LogP contribution in [0.25, 0.3) is 11.0 Å². The van der Waals surface area contributed by atoms with Crippen LogP contribution in [-0.2, 0) is 22.3 Å². The van der Waals surface area contributed by atoms with Gasteiger partial charge in [-0.2, -0.15) is 18.3 Å². The van der Waals surface area contributed by atoms with Crippen LogP contribution in [0.4, 0.5) is 18.2 Å². The van der Waals surface area contributed by atoms with Crippen molar-refractivity contribution in [2.75, 3.05) is 12.4 Å². The molecule has 0 radical (unpaired) electrons. The van der Waals surface area contributed by atoms with Crippen LogP contribution in [0.15, 0.2) is 12.1 Å². The van der Waals surface area contributed by atoms with Crippen LogP contribution in [0.3, 0.4) is 0 Å². The first kappa shape index (κ1) is 21.3. The summed E-state index contributed by atoms with van der Waals surface area (Å²) in [6.45, 7) is 2.89. The van der Waals surface area contributed by atoms with Crippen LogP contribution in [0.1, 0.15) is 50.9 Å². The van der Waals surface area contributed by atoms with Gasteiger partial charge in [0.15, 0.2) is 5.65 Å². The van der Waals surface area contributed by atoms with Gasteiger partial charge < -0.3 is 10.1 Å². The van der Waals surface area contributed by atoms with Crippen molar-refractivity contribution in [3.05, 3.63) is 39.5 Å². The molecule has 1 N–H and O–H groups in total. The van der Waals surface area contributed by atoms with E-state index in [0.29, 0.717) is 10.7 Å². The van der Waals surface area contributed by atoms with Gasteiger partial charge in [0.25, 0.3) is 0 Å². The molecule has 0 aromatic carbocycles. The number of carbonyl (C=O) groups is 2. The molecule has 11 heteroatoms. The Morgan fingerprint density at radius 1 is 1.29 bits per heavy atom. The molecule has 0 aliphatic heterocycles. The number of carbonyl (C=O) groups excluding carboxylic acids is 2. The molecular formula is C20H19F3N4O3S. The number of hydrogen-bond donors (Lipinski definition) is 1. The van der Waals surface area contributed by atoms with E-state index in [9.17, 15) is 22.8 Å². The number of alkyl halides is 3. The van der Waals surface area contributed by atoms with Gasteiger partial charge in [0.05, 0.1) is 29.3 Å². The number of nitrogens with zero attached hydrogens (tertiary/aromatic N) is 3. The smallest absolute Gasteiger partial charge is 0.417 e. The highest BCUT2D eigenvalue weighted by Crippen LogP contribution is 2.43. The average Bonchev–Trinajstić information content (AvgIpc) is 3.42. The summed E-state index contributed by atoms with van der Waals surface area (Å²) in [5.41, 5.74) is -0.0332. The highest BCUT2D eigenvalue weighted by molar-refractivity contribution is 7.16. The molecular weight excluding hydrogens is 433 g/mol. The SMILES string of the molecule is COC(=O)c1cc(C)sc1NC(=O)Cn1nc(C)c2c(C(F)(F)F)cc(C3CC3)nc21. The molecule has 0 bridgehead atoms. The Morgan fingerprint density at radius 2 is 2.00 bits per heavy atom. The minimum Gasteiger partial charge on any atom is -0.465 e. The van der Waals surface area contributed by atoms with Crippen molar-refractivity contribution in [2.24, 2.45) is 0 Å². The van der Waals surface area contributed by atoms with Gasteiger partial charge in [-0.3, -0.25) is 4.79 Å². The van der Waals surface area contributed by atoms with E-state index in [2.05, 4.69) is 15.4 Å². The fraction of sp³-hybridized carbons (Fsp3) is 0.400. The fourth-order valence-corrected chi connectivity index (χ4v) is 4.38. The summed E-state index contributed by atoms with van der Waals surface area (Å²) >= 11 is 1.20. The van der Waals surface area contributed by atoms with Crippen LogP contribution in [0, 0.1) is 13.8 Å². The first-order chi connectivity index (χ1) is 14.6. The highest BCUT2D eigenvalue weighted by atomic mass is 32.1.